The summed E-state index contributed by atoms with van der Waals surface area (Å²) in [5.74, 6) is 2.35. The fourth-order valence-electron chi connectivity index (χ4n) is 3.31. The maximum atomic E-state index is 5.44. The third-order valence-corrected chi connectivity index (χ3v) is 4.81. The monoisotopic (exact) mass is 317 g/mol. The molecule has 2 heterocycles. The summed E-state index contributed by atoms with van der Waals surface area (Å²) in [6.45, 7) is 2.41. The van der Waals surface area contributed by atoms with E-state index in [0.29, 0.717) is 17.5 Å². The number of benzene rings is 1. The standard InChI is InChI=1S/C17H24N4O2/c1-20-7-5-12(6-8-20)21(2)17-13-9-15(22-3)16(23-4)10-14(13)18-11-19-17/h9-12H,5-8H2,1-4H3/p+1. The van der Waals surface area contributed by atoms with Crippen molar-refractivity contribution in [2.45, 2.75) is 18.9 Å². The molecule has 1 aliphatic rings. The first-order valence-electron chi connectivity index (χ1n) is 8.05. The van der Waals surface area contributed by atoms with E-state index in [1.807, 2.05) is 12.1 Å². The maximum absolute atomic E-state index is 5.44. The fourth-order valence-corrected chi connectivity index (χ4v) is 3.31. The Balaban J connectivity index is 2.00. The number of aromatic nitrogens is 2. The van der Waals surface area contributed by atoms with Crippen molar-refractivity contribution < 1.29 is 14.4 Å². The first-order valence-corrected chi connectivity index (χ1v) is 8.05. The lowest BCUT2D eigenvalue weighted by Gasteiger charge is -2.34. The molecule has 6 heteroatoms. The topological polar surface area (TPSA) is 51.9 Å². The van der Waals surface area contributed by atoms with Gasteiger partial charge in [-0.05, 0) is 6.07 Å². The van der Waals surface area contributed by atoms with E-state index in [1.54, 1.807) is 25.4 Å². The van der Waals surface area contributed by atoms with Crippen molar-refractivity contribution in [1.29, 1.82) is 0 Å². The predicted octanol–water partition coefficient (Wildman–Crippen LogP) is 0.760. The first kappa shape index (κ1) is 15.8. The van der Waals surface area contributed by atoms with E-state index in [-0.39, 0.29) is 0 Å². The van der Waals surface area contributed by atoms with Gasteiger partial charge >= 0.3 is 0 Å². The highest BCUT2D eigenvalue weighted by atomic mass is 16.5. The van der Waals surface area contributed by atoms with E-state index in [9.17, 15) is 0 Å². The molecule has 6 nitrogen and oxygen atoms in total. The molecule has 2 aromatic rings. The van der Waals surface area contributed by atoms with Crippen LogP contribution in [0.25, 0.3) is 10.9 Å². The van der Waals surface area contributed by atoms with Gasteiger partial charge in [-0.3, -0.25) is 0 Å². The van der Waals surface area contributed by atoms with Crippen LogP contribution in [0.4, 0.5) is 5.82 Å². The number of piperidine rings is 1. The van der Waals surface area contributed by atoms with Crippen molar-refractivity contribution in [1.82, 2.24) is 9.97 Å². The van der Waals surface area contributed by atoms with E-state index < -0.39 is 0 Å². The van der Waals surface area contributed by atoms with Crippen molar-refractivity contribution in [2.24, 2.45) is 0 Å². The molecule has 124 valence electrons. The summed E-state index contributed by atoms with van der Waals surface area (Å²) < 4.78 is 10.8. The molecular weight excluding hydrogens is 292 g/mol. The van der Waals surface area contributed by atoms with Crippen LogP contribution in [-0.4, -0.2) is 57.4 Å². The van der Waals surface area contributed by atoms with E-state index in [2.05, 4.69) is 29.0 Å². The van der Waals surface area contributed by atoms with Crippen LogP contribution in [0.5, 0.6) is 11.5 Å². The molecule has 1 aliphatic heterocycles. The lowest BCUT2D eigenvalue weighted by molar-refractivity contribution is -0.884. The number of rotatable bonds is 4. The molecule has 0 aliphatic carbocycles. The molecule has 1 saturated heterocycles. The zero-order chi connectivity index (χ0) is 16.4. The van der Waals surface area contributed by atoms with Crippen LogP contribution in [0.1, 0.15) is 12.8 Å². The van der Waals surface area contributed by atoms with Gasteiger partial charge in [-0.1, -0.05) is 0 Å². The molecule has 1 fully saturated rings. The van der Waals surface area contributed by atoms with Crippen LogP contribution in [0.15, 0.2) is 18.5 Å². The summed E-state index contributed by atoms with van der Waals surface area (Å²) in [5, 5.41) is 0.999. The number of anilines is 1. The third-order valence-electron chi connectivity index (χ3n) is 4.81. The number of methoxy groups -OCH3 is 2. The molecule has 1 N–H and O–H groups in total. The molecule has 3 rings (SSSR count). The Labute approximate surface area is 137 Å². The molecule has 1 aromatic carbocycles. The zero-order valence-electron chi connectivity index (χ0n) is 14.3. The molecule has 0 bridgehead atoms. The van der Waals surface area contributed by atoms with Gasteiger partial charge in [0.25, 0.3) is 0 Å². The van der Waals surface area contributed by atoms with Crippen molar-refractivity contribution >= 4 is 16.7 Å². The van der Waals surface area contributed by atoms with Gasteiger partial charge in [-0.15, -0.1) is 0 Å². The van der Waals surface area contributed by atoms with Crippen LogP contribution in [0.3, 0.4) is 0 Å². The molecule has 1 aromatic heterocycles. The van der Waals surface area contributed by atoms with Gasteiger partial charge in [0.05, 0.1) is 39.9 Å². The van der Waals surface area contributed by atoms with Crippen LogP contribution in [0.2, 0.25) is 0 Å². The minimum atomic E-state index is 0.518. The van der Waals surface area contributed by atoms with Gasteiger partial charge in [0.2, 0.25) is 0 Å². The summed E-state index contributed by atoms with van der Waals surface area (Å²) in [6.07, 6.45) is 3.99. The average molecular weight is 317 g/mol. The third kappa shape index (κ3) is 3.03. The molecule has 0 spiro atoms. The second-order valence-corrected chi connectivity index (χ2v) is 6.22. The predicted molar refractivity (Wildman–Crippen MR) is 90.7 cm³/mol. The Morgan fingerprint density at radius 3 is 2.39 bits per heavy atom. The van der Waals surface area contributed by atoms with Gasteiger partial charge in [-0.2, -0.15) is 0 Å². The lowest BCUT2D eigenvalue weighted by atomic mass is 10.0. The van der Waals surface area contributed by atoms with Crippen molar-refractivity contribution in [3.63, 3.8) is 0 Å². The highest BCUT2D eigenvalue weighted by molar-refractivity contribution is 5.92. The number of fused-ring (bicyclic) bond motifs is 1. The van der Waals surface area contributed by atoms with E-state index in [1.165, 1.54) is 25.9 Å². The summed E-state index contributed by atoms with van der Waals surface area (Å²) in [6, 6.07) is 4.40. The number of quaternary nitrogens is 1. The number of hydrogen-bond donors (Lipinski definition) is 1. The van der Waals surface area contributed by atoms with Gasteiger partial charge in [-0.25, -0.2) is 9.97 Å². The minimum Gasteiger partial charge on any atom is -0.493 e. The van der Waals surface area contributed by atoms with Gasteiger partial charge in [0, 0.05) is 37.4 Å². The molecular formula is C17H25N4O2+. The Kier molecular flexibility index (Phi) is 4.52. The number of nitrogens with one attached hydrogen (secondary N) is 1. The first-order chi connectivity index (χ1) is 11.1. The van der Waals surface area contributed by atoms with Gasteiger partial charge in [0.1, 0.15) is 12.1 Å². The number of ether oxygens (including phenoxy) is 2. The molecule has 0 saturated carbocycles. The van der Waals surface area contributed by atoms with Crippen LogP contribution < -0.4 is 19.3 Å². The zero-order valence-corrected chi connectivity index (χ0v) is 14.3. The van der Waals surface area contributed by atoms with Crippen LogP contribution in [-0.2, 0) is 0 Å². The van der Waals surface area contributed by atoms with Crippen molar-refractivity contribution in [3.8, 4) is 11.5 Å². The van der Waals surface area contributed by atoms with Gasteiger partial charge in [0.15, 0.2) is 11.5 Å². The Morgan fingerprint density at radius 2 is 1.74 bits per heavy atom. The second-order valence-electron chi connectivity index (χ2n) is 6.22. The number of hydrogen-bond acceptors (Lipinski definition) is 5. The molecule has 0 unspecified atom stereocenters. The summed E-state index contributed by atoms with van der Waals surface area (Å²) in [4.78, 5) is 12.8. The highest BCUT2D eigenvalue weighted by Crippen LogP contribution is 2.35. The highest BCUT2D eigenvalue weighted by Gasteiger charge is 2.25. The summed E-state index contributed by atoms with van der Waals surface area (Å²) in [5.41, 5.74) is 0.873. The molecule has 0 amide bonds. The second kappa shape index (κ2) is 6.58. The Bertz CT molecular complexity index is 684. The van der Waals surface area contributed by atoms with Crippen molar-refractivity contribution in [2.75, 3.05) is 46.3 Å². The average Bonchev–Trinajstić information content (AvgIpc) is 2.60. The lowest BCUT2D eigenvalue weighted by Crippen LogP contribution is -3.10. The van der Waals surface area contributed by atoms with Crippen LogP contribution >= 0.6 is 0 Å². The normalized spacial score (nSPS) is 21.2. The number of likely N-dealkylation sites (tertiary alicyclic amines) is 1. The van der Waals surface area contributed by atoms with E-state index in [0.717, 1.165) is 16.7 Å². The van der Waals surface area contributed by atoms with E-state index in [4.69, 9.17) is 9.47 Å². The number of nitrogens with zero attached hydrogens (tertiary/aromatic N) is 3. The smallest absolute Gasteiger partial charge is 0.162 e. The maximum Gasteiger partial charge on any atom is 0.162 e. The Morgan fingerprint density at radius 1 is 1.09 bits per heavy atom. The summed E-state index contributed by atoms with van der Waals surface area (Å²) in [7, 11) is 7.67. The fraction of sp³-hybridized carbons (Fsp3) is 0.529. The SMILES string of the molecule is COc1cc2ncnc(N(C)C3CC[NH+](C)CC3)c2cc1OC. The summed E-state index contributed by atoms with van der Waals surface area (Å²) >= 11 is 0. The minimum absolute atomic E-state index is 0.518. The van der Waals surface area contributed by atoms with Gasteiger partial charge < -0.3 is 19.3 Å². The molecule has 0 radical (unpaired) electrons. The molecule has 23 heavy (non-hydrogen) atoms. The largest absolute Gasteiger partial charge is 0.493 e. The Hall–Kier alpha value is -2.08. The van der Waals surface area contributed by atoms with E-state index >= 15 is 0 Å². The quantitative estimate of drug-likeness (QED) is 0.902. The van der Waals surface area contributed by atoms with Crippen LogP contribution in [0, 0.1) is 0 Å². The molecule has 0 atom stereocenters. The van der Waals surface area contributed by atoms with Crippen molar-refractivity contribution in [3.05, 3.63) is 18.5 Å².